The highest BCUT2D eigenvalue weighted by molar-refractivity contribution is 5.97. The lowest BCUT2D eigenvalue weighted by Crippen LogP contribution is -2.48. The summed E-state index contributed by atoms with van der Waals surface area (Å²) >= 11 is 0. The second kappa shape index (κ2) is 5.70. The summed E-state index contributed by atoms with van der Waals surface area (Å²) in [6.45, 7) is 1.08. The van der Waals surface area contributed by atoms with Crippen LogP contribution in [0.25, 0.3) is 0 Å². The van der Waals surface area contributed by atoms with E-state index in [4.69, 9.17) is 10.2 Å². The molecule has 1 aromatic rings. The molecule has 8 heteroatoms. The van der Waals surface area contributed by atoms with Crippen molar-refractivity contribution in [3.63, 3.8) is 0 Å². The van der Waals surface area contributed by atoms with Crippen molar-refractivity contribution in [1.82, 2.24) is 5.32 Å². The maximum Gasteiger partial charge on any atom is 0.328 e. The van der Waals surface area contributed by atoms with Crippen molar-refractivity contribution in [1.29, 1.82) is 0 Å². The van der Waals surface area contributed by atoms with E-state index in [2.05, 4.69) is 0 Å². The van der Waals surface area contributed by atoms with Gasteiger partial charge >= 0.3 is 5.97 Å². The molecule has 0 spiro atoms. The van der Waals surface area contributed by atoms with Crippen LogP contribution in [-0.2, 0) is 4.79 Å². The van der Waals surface area contributed by atoms with Crippen LogP contribution in [0.2, 0.25) is 0 Å². The quantitative estimate of drug-likeness (QED) is 0.755. The van der Waals surface area contributed by atoms with Crippen LogP contribution in [0.15, 0.2) is 12.1 Å². The molecule has 0 aliphatic carbocycles. The van der Waals surface area contributed by atoms with Crippen LogP contribution in [0.4, 0.5) is 13.2 Å². The third-order valence-electron chi connectivity index (χ3n) is 2.27. The van der Waals surface area contributed by atoms with Crippen LogP contribution in [-0.4, -0.2) is 34.2 Å². The van der Waals surface area contributed by atoms with E-state index in [0.717, 1.165) is 6.92 Å². The fourth-order valence-electron chi connectivity index (χ4n) is 1.36. The Hall–Kier alpha value is -2.09. The fourth-order valence-corrected chi connectivity index (χ4v) is 1.36. The molecular weight excluding hydrogens is 267 g/mol. The molecule has 0 bridgehead atoms. The number of halogens is 3. The first-order chi connectivity index (χ1) is 8.73. The summed E-state index contributed by atoms with van der Waals surface area (Å²) in [6.07, 6.45) is -1.48. The molecule has 0 heterocycles. The van der Waals surface area contributed by atoms with Gasteiger partial charge in [-0.25, -0.2) is 18.0 Å². The van der Waals surface area contributed by atoms with Crippen LogP contribution in [0.5, 0.6) is 0 Å². The Morgan fingerprint density at radius 2 is 1.68 bits per heavy atom. The number of aliphatic hydroxyl groups is 1. The molecule has 1 amide bonds. The smallest absolute Gasteiger partial charge is 0.328 e. The van der Waals surface area contributed by atoms with Crippen molar-refractivity contribution in [2.24, 2.45) is 0 Å². The van der Waals surface area contributed by atoms with Gasteiger partial charge in [-0.3, -0.25) is 4.79 Å². The number of nitrogens with one attached hydrogen (secondary N) is 1. The minimum Gasteiger partial charge on any atom is -0.480 e. The molecule has 0 saturated heterocycles. The first-order valence-corrected chi connectivity index (χ1v) is 5.10. The SMILES string of the molecule is C[C@@H](O)[C@H](NC(=O)c1c(F)cc(F)cc1F)C(=O)O. The van der Waals surface area contributed by atoms with Gasteiger partial charge in [-0.1, -0.05) is 0 Å². The molecule has 1 rings (SSSR count). The average molecular weight is 277 g/mol. The predicted octanol–water partition coefficient (Wildman–Crippen LogP) is 0.668. The van der Waals surface area contributed by atoms with E-state index in [1.807, 2.05) is 0 Å². The van der Waals surface area contributed by atoms with Gasteiger partial charge in [0.25, 0.3) is 5.91 Å². The Morgan fingerprint density at radius 1 is 1.21 bits per heavy atom. The second-order valence-electron chi connectivity index (χ2n) is 3.77. The summed E-state index contributed by atoms with van der Waals surface area (Å²) in [7, 11) is 0. The number of amides is 1. The van der Waals surface area contributed by atoms with Crippen LogP contribution >= 0.6 is 0 Å². The number of benzene rings is 1. The summed E-state index contributed by atoms with van der Waals surface area (Å²) in [6, 6.07) is -1.16. The van der Waals surface area contributed by atoms with Gasteiger partial charge in [0.2, 0.25) is 0 Å². The molecule has 0 radical (unpaired) electrons. The highest BCUT2D eigenvalue weighted by Crippen LogP contribution is 2.15. The number of carbonyl (C=O) groups is 2. The third kappa shape index (κ3) is 3.44. The third-order valence-corrected chi connectivity index (χ3v) is 2.27. The average Bonchev–Trinajstić information content (AvgIpc) is 2.23. The normalized spacial score (nSPS) is 13.7. The Labute approximate surface area is 105 Å². The van der Waals surface area contributed by atoms with Crippen molar-refractivity contribution < 1.29 is 33.0 Å². The minimum absolute atomic E-state index is 0.288. The number of aliphatic carboxylic acids is 1. The summed E-state index contributed by atoms with van der Waals surface area (Å²) in [5.41, 5.74) is -1.12. The molecular formula is C11H10F3NO4. The molecule has 0 aromatic heterocycles. The molecule has 2 atom stereocenters. The predicted molar refractivity (Wildman–Crippen MR) is 56.9 cm³/mol. The lowest BCUT2D eigenvalue weighted by atomic mass is 10.1. The van der Waals surface area contributed by atoms with E-state index in [-0.39, 0.29) is 12.1 Å². The van der Waals surface area contributed by atoms with Gasteiger partial charge in [-0.2, -0.15) is 0 Å². The number of carboxylic acids is 1. The van der Waals surface area contributed by atoms with Gasteiger partial charge in [-0.05, 0) is 6.92 Å². The fraction of sp³-hybridized carbons (Fsp3) is 0.273. The highest BCUT2D eigenvalue weighted by atomic mass is 19.1. The van der Waals surface area contributed by atoms with E-state index in [1.54, 1.807) is 5.32 Å². The highest BCUT2D eigenvalue weighted by Gasteiger charge is 2.28. The molecule has 0 fully saturated rings. The van der Waals surface area contributed by atoms with Gasteiger partial charge in [0.05, 0.1) is 6.10 Å². The zero-order valence-corrected chi connectivity index (χ0v) is 9.65. The van der Waals surface area contributed by atoms with E-state index in [9.17, 15) is 22.8 Å². The maximum absolute atomic E-state index is 13.3. The van der Waals surface area contributed by atoms with Gasteiger partial charge < -0.3 is 15.5 Å². The topological polar surface area (TPSA) is 86.6 Å². The molecule has 1 aromatic carbocycles. The summed E-state index contributed by atoms with van der Waals surface area (Å²) in [4.78, 5) is 22.2. The van der Waals surface area contributed by atoms with Gasteiger partial charge in [0, 0.05) is 12.1 Å². The molecule has 0 unspecified atom stereocenters. The lowest BCUT2D eigenvalue weighted by Gasteiger charge is -2.17. The molecule has 0 aliphatic rings. The first-order valence-electron chi connectivity index (χ1n) is 5.10. The minimum atomic E-state index is -1.74. The maximum atomic E-state index is 13.3. The summed E-state index contributed by atoms with van der Waals surface area (Å²) < 4.78 is 39.2. The number of carbonyl (C=O) groups excluding carboxylic acids is 1. The molecule has 0 saturated carbocycles. The van der Waals surface area contributed by atoms with Gasteiger partial charge in [0.15, 0.2) is 6.04 Å². The van der Waals surface area contributed by atoms with Crippen molar-refractivity contribution >= 4 is 11.9 Å². The number of carboxylic acid groups (broad SMARTS) is 1. The molecule has 0 aliphatic heterocycles. The Balaban J connectivity index is 3.05. The molecule has 3 N–H and O–H groups in total. The van der Waals surface area contributed by atoms with E-state index in [1.165, 1.54) is 0 Å². The second-order valence-corrected chi connectivity index (χ2v) is 3.77. The molecule has 5 nitrogen and oxygen atoms in total. The molecule has 104 valence electrons. The number of rotatable bonds is 4. The monoisotopic (exact) mass is 277 g/mol. The zero-order chi connectivity index (χ0) is 14.7. The van der Waals surface area contributed by atoms with Crippen molar-refractivity contribution in [3.05, 3.63) is 35.1 Å². The zero-order valence-electron chi connectivity index (χ0n) is 9.65. The first kappa shape index (κ1) is 15.0. The standard InChI is InChI=1S/C11H10F3NO4/c1-4(16)9(11(18)19)15-10(17)8-6(13)2-5(12)3-7(8)14/h2-4,9,16H,1H3,(H,15,17)(H,18,19)/t4-,9+/m1/s1. The summed E-state index contributed by atoms with van der Waals surface area (Å²) in [5, 5.41) is 19.6. The van der Waals surface area contributed by atoms with Crippen LogP contribution < -0.4 is 5.32 Å². The molecule has 19 heavy (non-hydrogen) atoms. The van der Waals surface area contributed by atoms with Crippen molar-refractivity contribution in [2.75, 3.05) is 0 Å². The van der Waals surface area contributed by atoms with Crippen LogP contribution in [0.1, 0.15) is 17.3 Å². The number of hydrogen-bond donors (Lipinski definition) is 3. The summed E-state index contributed by atoms with van der Waals surface area (Å²) in [5.74, 6) is -7.12. The Morgan fingerprint density at radius 3 is 2.05 bits per heavy atom. The lowest BCUT2D eigenvalue weighted by molar-refractivity contribution is -0.141. The van der Waals surface area contributed by atoms with E-state index < -0.39 is 47.0 Å². The largest absolute Gasteiger partial charge is 0.480 e. The van der Waals surface area contributed by atoms with E-state index in [0.29, 0.717) is 0 Å². The number of aliphatic hydroxyl groups excluding tert-OH is 1. The number of hydrogen-bond acceptors (Lipinski definition) is 3. The van der Waals surface area contributed by atoms with Crippen molar-refractivity contribution in [2.45, 2.75) is 19.1 Å². The van der Waals surface area contributed by atoms with Crippen LogP contribution in [0.3, 0.4) is 0 Å². The Bertz CT molecular complexity index is 496. The van der Waals surface area contributed by atoms with Gasteiger partial charge in [0.1, 0.15) is 23.0 Å². The Kier molecular flexibility index (Phi) is 4.49. The van der Waals surface area contributed by atoms with Gasteiger partial charge in [-0.15, -0.1) is 0 Å². The van der Waals surface area contributed by atoms with Crippen molar-refractivity contribution in [3.8, 4) is 0 Å². The van der Waals surface area contributed by atoms with E-state index >= 15 is 0 Å². The van der Waals surface area contributed by atoms with Crippen LogP contribution in [0, 0.1) is 17.5 Å².